The maximum Gasteiger partial charge on any atom is 0.267 e. The molecule has 0 rings (SSSR count). The zero-order valence-electron chi connectivity index (χ0n) is 30.4. The largest absolute Gasteiger partial charge is 0.285 e. The van der Waals surface area contributed by atoms with E-state index in [-0.39, 0.29) is 0 Å². The van der Waals surface area contributed by atoms with Gasteiger partial charge in [0.25, 0.3) is 10.1 Å². The van der Waals surface area contributed by atoms with Crippen molar-refractivity contribution in [2.24, 2.45) is 0 Å². The molecule has 0 saturated carbocycles. The van der Waals surface area contributed by atoms with Gasteiger partial charge in [0.05, 0.1) is 5.25 Å². The van der Waals surface area contributed by atoms with Crippen molar-refractivity contribution in [1.82, 2.24) is 0 Å². The maximum atomic E-state index is 11.8. The molecule has 0 spiro atoms. The first-order chi connectivity index (χ1) is 21.5. The molecule has 0 amide bonds. The first-order valence-electron chi connectivity index (χ1n) is 20.5. The average Bonchev–Trinajstić information content (AvgIpc) is 3.00. The van der Waals surface area contributed by atoms with Crippen LogP contribution in [0.15, 0.2) is 0 Å². The third-order valence-electron chi connectivity index (χ3n) is 9.93. The maximum absolute atomic E-state index is 11.8. The average molecular weight is 643 g/mol. The Labute approximate surface area is 279 Å². The molecule has 44 heavy (non-hydrogen) atoms. The molecule has 0 aliphatic heterocycles. The molecule has 0 bridgehead atoms. The van der Waals surface area contributed by atoms with E-state index in [4.69, 9.17) is 0 Å². The van der Waals surface area contributed by atoms with Crippen molar-refractivity contribution in [3.8, 4) is 0 Å². The summed E-state index contributed by atoms with van der Waals surface area (Å²) in [6.07, 6.45) is 48.3. The topological polar surface area (TPSA) is 54.4 Å². The molecule has 1 atom stereocenters. The second-order valence-corrected chi connectivity index (χ2v) is 16.1. The van der Waals surface area contributed by atoms with E-state index in [1.165, 1.54) is 199 Å². The van der Waals surface area contributed by atoms with Crippen LogP contribution in [0.3, 0.4) is 0 Å². The second kappa shape index (κ2) is 35.8. The van der Waals surface area contributed by atoms with Crippen LogP contribution in [-0.2, 0) is 10.1 Å². The second-order valence-electron chi connectivity index (χ2n) is 14.4. The number of rotatable bonds is 38. The third kappa shape index (κ3) is 34.8. The van der Waals surface area contributed by atoms with Crippen LogP contribution in [0.25, 0.3) is 0 Å². The van der Waals surface area contributed by atoms with Crippen LogP contribution in [0, 0.1) is 0 Å². The molecule has 0 aliphatic rings. The van der Waals surface area contributed by atoms with Crippen LogP contribution in [-0.4, -0.2) is 18.2 Å². The van der Waals surface area contributed by atoms with Gasteiger partial charge < -0.3 is 0 Å². The van der Waals surface area contributed by atoms with E-state index in [9.17, 15) is 13.0 Å². The quantitative estimate of drug-likeness (QED) is 0.0538. The Kier molecular flexibility index (Phi) is 35.7. The Bertz CT molecular complexity index is 633. The normalized spacial score (nSPS) is 12.7. The first-order valence-corrected chi connectivity index (χ1v) is 22.0. The van der Waals surface area contributed by atoms with Gasteiger partial charge in [0, 0.05) is 0 Å². The minimum Gasteiger partial charge on any atom is -0.285 e. The van der Waals surface area contributed by atoms with E-state index in [0.717, 1.165) is 25.7 Å². The fraction of sp³-hybridized carbons (Fsp3) is 1.00. The third-order valence-corrected chi connectivity index (χ3v) is 11.2. The van der Waals surface area contributed by atoms with Gasteiger partial charge in [-0.15, -0.1) is 0 Å². The Morgan fingerprint density at radius 2 is 0.477 bits per heavy atom. The summed E-state index contributed by atoms with van der Waals surface area (Å²) in [5, 5.41) is -0.541. The Balaban J connectivity index is 3.39. The molecule has 0 aromatic carbocycles. The molecule has 4 heteroatoms. The van der Waals surface area contributed by atoms with Crippen molar-refractivity contribution in [1.29, 1.82) is 0 Å². The highest BCUT2D eigenvalue weighted by Gasteiger charge is 2.21. The van der Waals surface area contributed by atoms with Gasteiger partial charge in [0.15, 0.2) is 0 Å². The number of unbranched alkanes of at least 4 members (excludes halogenated alkanes) is 33. The van der Waals surface area contributed by atoms with Gasteiger partial charge in [-0.05, 0) is 12.8 Å². The predicted molar refractivity (Wildman–Crippen MR) is 198 cm³/mol. The SMILES string of the molecule is CCCCCCCCCCCCCCCCCCCCCCCCCCCC(CCCCCCCCCCCC)S(=O)(=O)O. The lowest BCUT2D eigenvalue weighted by molar-refractivity contribution is 0.442. The summed E-state index contributed by atoms with van der Waals surface area (Å²) in [7, 11) is -3.90. The fourth-order valence-electron chi connectivity index (χ4n) is 6.81. The van der Waals surface area contributed by atoms with Crippen molar-refractivity contribution in [2.75, 3.05) is 0 Å². The van der Waals surface area contributed by atoms with E-state index in [1.54, 1.807) is 0 Å². The van der Waals surface area contributed by atoms with E-state index < -0.39 is 15.4 Å². The molecule has 0 aromatic heterocycles. The van der Waals surface area contributed by atoms with Gasteiger partial charge in [0.2, 0.25) is 0 Å². The molecule has 0 saturated heterocycles. The van der Waals surface area contributed by atoms with Crippen molar-refractivity contribution in [3.05, 3.63) is 0 Å². The molecule has 0 heterocycles. The van der Waals surface area contributed by atoms with E-state index >= 15 is 0 Å². The van der Waals surface area contributed by atoms with Crippen LogP contribution < -0.4 is 0 Å². The lowest BCUT2D eigenvalue weighted by Crippen LogP contribution is -2.20. The minimum atomic E-state index is -3.90. The van der Waals surface area contributed by atoms with Crippen molar-refractivity contribution in [2.45, 2.75) is 257 Å². The lowest BCUT2D eigenvalue weighted by atomic mass is 10.0. The first kappa shape index (κ1) is 43.9. The van der Waals surface area contributed by atoms with Gasteiger partial charge in [0.1, 0.15) is 0 Å². The van der Waals surface area contributed by atoms with E-state index in [0.29, 0.717) is 12.8 Å². The summed E-state index contributed by atoms with van der Waals surface area (Å²) in [6.45, 7) is 4.55. The smallest absolute Gasteiger partial charge is 0.267 e. The molecular weight excluding hydrogens is 561 g/mol. The van der Waals surface area contributed by atoms with Crippen LogP contribution in [0.5, 0.6) is 0 Å². The summed E-state index contributed by atoms with van der Waals surface area (Å²) in [5.41, 5.74) is 0. The summed E-state index contributed by atoms with van der Waals surface area (Å²) in [5.74, 6) is 0. The van der Waals surface area contributed by atoms with Crippen molar-refractivity contribution in [3.63, 3.8) is 0 Å². The van der Waals surface area contributed by atoms with Crippen LogP contribution in [0.2, 0.25) is 0 Å². The fourth-order valence-corrected chi connectivity index (χ4v) is 7.74. The van der Waals surface area contributed by atoms with Crippen LogP contribution in [0.4, 0.5) is 0 Å². The van der Waals surface area contributed by atoms with Crippen LogP contribution in [0.1, 0.15) is 251 Å². The zero-order valence-corrected chi connectivity index (χ0v) is 31.2. The van der Waals surface area contributed by atoms with Gasteiger partial charge in [-0.25, -0.2) is 0 Å². The van der Waals surface area contributed by atoms with E-state index in [2.05, 4.69) is 13.8 Å². The summed E-state index contributed by atoms with van der Waals surface area (Å²) < 4.78 is 33.4. The molecule has 1 unspecified atom stereocenters. The van der Waals surface area contributed by atoms with Gasteiger partial charge >= 0.3 is 0 Å². The molecule has 266 valence electrons. The molecule has 0 fully saturated rings. The van der Waals surface area contributed by atoms with Crippen molar-refractivity contribution >= 4 is 10.1 Å². The summed E-state index contributed by atoms with van der Waals surface area (Å²) in [4.78, 5) is 0. The monoisotopic (exact) mass is 643 g/mol. The number of hydrogen-bond acceptors (Lipinski definition) is 2. The predicted octanol–water partition coefficient (Wildman–Crippen LogP) is 14.7. The van der Waals surface area contributed by atoms with Gasteiger partial charge in [-0.3, -0.25) is 4.55 Å². The highest BCUT2D eigenvalue weighted by atomic mass is 32.2. The molecule has 0 aliphatic carbocycles. The zero-order chi connectivity index (χ0) is 32.2. The standard InChI is InChI=1S/C40H82O3S/c1-3-5-7-9-11-13-15-16-17-18-19-20-21-22-23-24-25-26-27-28-29-31-33-35-37-39-40(44(41,42)43)38-36-34-32-30-14-12-10-8-6-4-2/h40H,3-39H2,1-2H3,(H,41,42,43). The van der Waals surface area contributed by atoms with Crippen LogP contribution >= 0.6 is 0 Å². The van der Waals surface area contributed by atoms with Gasteiger partial charge in [-0.1, -0.05) is 239 Å². The highest BCUT2D eigenvalue weighted by molar-refractivity contribution is 7.86. The molecule has 3 nitrogen and oxygen atoms in total. The Morgan fingerprint density at radius 1 is 0.318 bits per heavy atom. The molecule has 0 radical (unpaired) electrons. The minimum absolute atomic E-state index is 0.541. The number of hydrogen-bond donors (Lipinski definition) is 1. The van der Waals surface area contributed by atoms with Gasteiger partial charge in [-0.2, -0.15) is 8.42 Å². The highest BCUT2D eigenvalue weighted by Crippen LogP contribution is 2.20. The lowest BCUT2D eigenvalue weighted by Gasteiger charge is -2.13. The molecule has 1 N–H and O–H groups in total. The Morgan fingerprint density at radius 3 is 0.636 bits per heavy atom. The van der Waals surface area contributed by atoms with E-state index in [1.807, 2.05) is 0 Å². The van der Waals surface area contributed by atoms with Crippen molar-refractivity contribution < 1.29 is 13.0 Å². The summed E-state index contributed by atoms with van der Waals surface area (Å²) in [6, 6.07) is 0. The molecular formula is C40H82O3S. The summed E-state index contributed by atoms with van der Waals surface area (Å²) >= 11 is 0. The Hall–Kier alpha value is -0.0900. The molecule has 0 aromatic rings.